The third-order valence-corrected chi connectivity index (χ3v) is 3.11. The van der Waals surface area contributed by atoms with Crippen LogP contribution in [0.25, 0.3) is 0 Å². The SMILES string of the molecule is CCOc1c(OCC)c(OCC)c(C(=O)OC)c(OCC)c1OCC. The zero-order valence-electron chi connectivity index (χ0n) is 15.9. The Kier molecular flexibility index (Phi) is 8.74. The Morgan fingerprint density at radius 3 is 1.16 bits per heavy atom. The van der Waals surface area contributed by atoms with Crippen molar-refractivity contribution in [3.8, 4) is 28.7 Å². The summed E-state index contributed by atoms with van der Waals surface area (Å²) < 4.78 is 33.6. The maximum atomic E-state index is 12.5. The summed E-state index contributed by atoms with van der Waals surface area (Å²) in [6.45, 7) is 10.9. The maximum absolute atomic E-state index is 12.5. The predicted molar refractivity (Wildman–Crippen MR) is 93.6 cm³/mol. The minimum atomic E-state index is -0.600. The lowest BCUT2D eigenvalue weighted by Gasteiger charge is -2.23. The number of carbonyl (C=O) groups is 1. The van der Waals surface area contributed by atoms with Gasteiger partial charge in [-0.1, -0.05) is 0 Å². The summed E-state index contributed by atoms with van der Waals surface area (Å²) in [5, 5.41) is 0. The highest BCUT2D eigenvalue weighted by Gasteiger charge is 2.33. The van der Waals surface area contributed by atoms with Crippen molar-refractivity contribution in [3.63, 3.8) is 0 Å². The normalized spacial score (nSPS) is 10.2. The van der Waals surface area contributed by atoms with Gasteiger partial charge in [-0.15, -0.1) is 0 Å². The first-order chi connectivity index (χ1) is 12.1. The lowest BCUT2D eigenvalue weighted by atomic mass is 10.1. The second-order valence-corrected chi connectivity index (χ2v) is 4.68. The number of benzene rings is 1. The zero-order valence-corrected chi connectivity index (χ0v) is 15.9. The van der Waals surface area contributed by atoms with E-state index in [1.807, 2.05) is 34.6 Å². The van der Waals surface area contributed by atoms with Crippen LogP contribution >= 0.6 is 0 Å². The fourth-order valence-corrected chi connectivity index (χ4v) is 2.32. The Bertz CT molecular complexity index is 532. The molecule has 0 unspecified atom stereocenters. The van der Waals surface area contributed by atoms with Crippen molar-refractivity contribution in [2.24, 2.45) is 0 Å². The molecule has 7 nitrogen and oxygen atoms in total. The van der Waals surface area contributed by atoms with Gasteiger partial charge in [-0.25, -0.2) is 4.79 Å². The van der Waals surface area contributed by atoms with Gasteiger partial charge in [-0.3, -0.25) is 0 Å². The van der Waals surface area contributed by atoms with Crippen molar-refractivity contribution >= 4 is 5.97 Å². The van der Waals surface area contributed by atoms with Crippen molar-refractivity contribution in [1.82, 2.24) is 0 Å². The molecule has 1 rings (SSSR count). The van der Waals surface area contributed by atoms with Crippen LogP contribution in [0.3, 0.4) is 0 Å². The number of ether oxygens (including phenoxy) is 6. The summed E-state index contributed by atoms with van der Waals surface area (Å²) in [6.07, 6.45) is 0. The molecule has 1 aromatic rings. The number of carbonyl (C=O) groups excluding carboxylic acids is 1. The molecule has 0 radical (unpaired) electrons. The first-order valence-corrected chi connectivity index (χ1v) is 8.57. The van der Waals surface area contributed by atoms with E-state index < -0.39 is 5.97 Å². The molecule has 0 saturated carbocycles. The van der Waals surface area contributed by atoms with Crippen molar-refractivity contribution in [1.29, 1.82) is 0 Å². The Morgan fingerprint density at radius 1 is 0.600 bits per heavy atom. The van der Waals surface area contributed by atoms with Crippen LogP contribution in [0.4, 0.5) is 0 Å². The Labute approximate surface area is 149 Å². The molecule has 0 heterocycles. The second kappa shape index (κ2) is 10.5. The van der Waals surface area contributed by atoms with Gasteiger partial charge in [-0.2, -0.15) is 0 Å². The van der Waals surface area contributed by atoms with E-state index in [9.17, 15) is 4.79 Å². The van der Waals surface area contributed by atoms with E-state index in [2.05, 4.69) is 0 Å². The minimum absolute atomic E-state index is 0.126. The molecule has 0 aliphatic rings. The van der Waals surface area contributed by atoms with Crippen LogP contribution in [0.2, 0.25) is 0 Å². The highest BCUT2D eigenvalue weighted by atomic mass is 16.6. The number of hydrogen-bond acceptors (Lipinski definition) is 7. The molecule has 7 heteroatoms. The smallest absolute Gasteiger partial charge is 0.345 e. The van der Waals surface area contributed by atoms with Crippen LogP contribution in [0.5, 0.6) is 28.7 Å². The summed E-state index contributed by atoms with van der Waals surface area (Å²) in [7, 11) is 1.30. The number of hydrogen-bond donors (Lipinski definition) is 0. The van der Waals surface area contributed by atoms with E-state index >= 15 is 0 Å². The largest absolute Gasteiger partial charge is 0.489 e. The molecule has 142 valence electrons. The molecule has 0 N–H and O–H groups in total. The summed E-state index contributed by atoms with van der Waals surface area (Å²) in [5.41, 5.74) is 0.126. The lowest BCUT2D eigenvalue weighted by molar-refractivity contribution is 0.0588. The van der Waals surface area contributed by atoms with Crippen LogP contribution < -0.4 is 23.7 Å². The topological polar surface area (TPSA) is 72.5 Å². The van der Waals surface area contributed by atoms with E-state index in [1.165, 1.54) is 7.11 Å². The molecule has 0 saturated heterocycles. The van der Waals surface area contributed by atoms with Gasteiger partial charge in [0.15, 0.2) is 17.1 Å². The van der Waals surface area contributed by atoms with E-state index in [4.69, 9.17) is 28.4 Å². The van der Waals surface area contributed by atoms with Crippen molar-refractivity contribution in [2.45, 2.75) is 34.6 Å². The average Bonchev–Trinajstić information content (AvgIpc) is 2.61. The molecule has 25 heavy (non-hydrogen) atoms. The monoisotopic (exact) mass is 356 g/mol. The van der Waals surface area contributed by atoms with Crippen LogP contribution in [0.15, 0.2) is 0 Å². The van der Waals surface area contributed by atoms with Gasteiger partial charge < -0.3 is 28.4 Å². The van der Waals surface area contributed by atoms with Gasteiger partial charge in [0.1, 0.15) is 0 Å². The van der Waals surface area contributed by atoms with E-state index in [0.717, 1.165) is 0 Å². The molecule has 1 aromatic carbocycles. The predicted octanol–water partition coefficient (Wildman–Crippen LogP) is 3.47. The highest BCUT2D eigenvalue weighted by Crippen LogP contribution is 2.54. The van der Waals surface area contributed by atoms with Gasteiger partial charge >= 0.3 is 5.97 Å². The fraction of sp³-hybridized carbons (Fsp3) is 0.611. The summed E-state index contributed by atoms with van der Waals surface area (Å²) >= 11 is 0. The van der Waals surface area contributed by atoms with E-state index in [1.54, 1.807) is 0 Å². The van der Waals surface area contributed by atoms with E-state index in [0.29, 0.717) is 50.3 Å². The summed E-state index contributed by atoms with van der Waals surface area (Å²) in [4.78, 5) is 12.5. The molecule has 0 fully saturated rings. The Morgan fingerprint density at radius 2 is 0.880 bits per heavy atom. The van der Waals surface area contributed by atoms with Crippen LogP contribution in [-0.2, 0) is 4.74 Å². The van der Waals surface area contributed by atoms with Gasteiger partial charge in [0.25, 0.3) is 0 Å². The van der Waals surface area contributed by atoms with Crippen molar-refractivity contribution < 1.29 is 33.2 Å². The molecule has 0 aliphatic heterocycles. The van der Waals surface area contributed by atoms with Crippen molar-refractivity contribution in [3.05, 3.63) is 5.56 Å². The molecular weight excluding hydrogens is 328 g/mol. The third-order valence-electron chi connectivity index (χ3n) is 3.11. The van der Waals surface area contributed by atoms with Gasteiger partial charge in [-0.05, 0) is 34.6 Å². The number of methoxy groups -OCH3 is 1. The fourth-order valence-electron chi connectivity index (χ4n) is 2.32. The zero-order chi connectivity index (χ0) is 18.8. The van der Waals surface area contributed by atoms with Gasteiger partial charge in [0, 0.05) is 0 Å². The molecule has 0 atom stereocenters. The summed E-state index contributed by atoms with van der Waals surface area (Å²) in [6, 6.07) is 0. The number of esters is 1. The van der Waals surface area contributed by atoms with Gasteiger partial charge in [0.2, 0.25) is 17.2 Å². The first-order valence-electron chi connectivity index (χ1n) is 8.57. The van der Waals surface area contributed by atoms with Crippen LogP contribution in [-0.4, -0.2) is 46.1 Å². The average molecular weight is 356 g/mol. The van der Waals surface area contributed by atoms with Crippen LogP contribution in [0.1, 0.15) is 45.0 Å². The minimum Gasteiger partial charge on any atom is -0.489 e. The number of rotatable bonds is 11. The molecule has 0 aromatic heterocycles. The summed E-state index contributed by atoms with van der Waals surface area (Å²) in [5.74, 6) is 0.817. The molecular formula is C18H28O7. The lowest BCUT2D eigenvalue weighted by Crippen LogP contribution is -2.14. The quantitative estimate of drug-likeness (QED) is 0.562. The highest BCUT2D eigenvalue weighted by molar-refractivity contribution is 5.99. The van der Waals surface area contributed by atoms with Crippen molar-refractivity contribution in [2.75, 3.05) is 40.1 Å². The standard InChI is InChI=1S/C18H28O7/c1-7-21-13-12(18(19)20-6)14(22-8-2)16(24-10-4)17(25-11-5)15(13)23-9-3/h7-11H2,1-6H3. The second-order valence-electron chi connectivity index (χ2n) is 4.68. The van der Waals surface area contributed by atoms with Gasteiger partial charge in [0.05, 0.1) is 40.1 Å². The molecule has 0 spiro atoms. The van der Waals surface area contributed by atoms with E-state index in [-0.39, 0.29) is 17.1 Å². The molecule has 0 amide bonds. The molecule has 0 bridgehead atoms. The van der Waals surface area contributed by atoms with Crippen LogP contribution in [0, 0.1) is 0 Å². The first kappa shape index (κ1) is 20.7. The Hall–Kier alpha value is -2.31. The third kappa shape index (κ3) is 4.61. The Balaban J connectivity index is 3.89. The maximum Gasteiger partial charge on any atom is 0.345 e. The molecule has 0 aliphatic carbocycles.